The smallest absolute Gasteiger partial charge is 0.230 e. The summed E-state index contributed by atoms with van der Waals surface area (Å²) in [5.41, 5.74) is 0.0523. The van der Waals surface area contributed by atoms with Crippen molar-refractivity contribution in [2.24, 2.45) is 5.41 Å². The molecule has 98 valence electrons. The summed E-state index contributed by atoms with van der Waals surface area (Å²) in [6, 6.07) is 12.8. The molecule has 19 heavy (non-hydrogen) atoms. The zero-order chi connectivity index (χ0) is 13.9. The van der Waals surface area contributed by atoms with E-state index in [2.05, 4.69) is 4.98 Å². The van der Waals surface area contributed by atoms with E-state index >= 15 is 0 Å². The number of hydrogen-bond donors (Lipinski definition) is 0. The largest absolute Gasteiger partial charge is 0.438 e. The van der Waals surface area contributed by atoms with Crippen LogP contribution in [0.25, 0.3) is 0 Å². The number of carbonyl (C=O) groups excluding carboxylic acids is 1. The van der Waals surface area contributed by atoms with Gasteiger partial charge in [0.15, 0.2) is 5.78 Å². The second kappa shape index (κ2) is 5.22. The van der Waals surface area contributed by atoms with Crippen molar-refractivity contribution in [3.05, 3.63) is 54.2 Å². The van der Waals surface area contributed by atoms with Gasteiger partial charge in [0, 0.05) is 11.6 Å². The van der Waals surface area contributed by atoms with Crippen LogP contribution in [0.1, 0.15) is 31.1 Å². The highest BCUT2D eigenvalue weighted by molar-refractivity contribution is 6.01. The van der Waals surface area contributed by atoms with Gasteiger partial charge >= 0.3 is 0 Å². The molecule has 0 aliphatic heterocycles. The molecule has 0 aliphatic rings. The molecule has 1 aromatic heterocycles. The van der Waals surface area contributed by atoms with Gasteiger partial charge in [0.2, 0.25) is 5.88 Å². The first-order valence-electron chi connectivity index (χ1n) is 6.21. The van der Waals surface area contributed by atoms with Crippen molar-refractivity contribution in [1.82, 2.24) is 4.98 Å². The summed E-state index contributed by atoms with van der Waals surface area (Å²) >= 11 is 0. The first-order chi connectivity index (χ1) is 8.98. The standard InChI is InChI=1S/C16H17NO2/c1-16(2,3)14(18)13-10-7-11-17-15(13)19-12-8-5-4-6-9-12/h4-11H,1-3H3. The molecule has 0 bridgehead atoms. The van der Waals surface area contributed by atoms with E-state index in [1.54, 1.807) is 18.3 Å². The van der Waals surface area contributed by atoms with Crippen molar-refractivity contribution >= 4 is 5.78 Å². The Kier molecular flexibility index (Phi) is 3.65. The fourth-order valence-corrected chi connectivity index (χ4v) is 1.65. The van der Waals surface area contributed by atoms with Gasteiger partial charge in [0.05, 0.1) is 5.56 Å². The molecule has 0 radical (unpaired) electrons. The van der Waals surface area contributed by atoms with Crippen LogP contribution in [0, 0.1) is 5.41 Å². The van der Waals surface area contributed by atoms with Crippen molar-refractivity contribution in [2.45, 2.75) is 20.8 Å². The van der Waals surface area contributed by atoms with Crippen molar-refractivity contribution < 1.29 is 9.53 Å². The summed E-state index contributed by atoms with van der Waals surface area (Å²) in [5.74, 6) is 1.05. The highest BCUT2D eigenvalue weighted by atomic mass is 16.5. The molecule has 1 aromatic carbocycles. The van der Waals surface area contributed by atoms with Gasteiger partial charge in [0.1, 0.15) is 5.75 Å². The predicted octanol–water partition coefficient (Wildman–Crippen LogP) is 4.10. The van der Waals surface area contributed by atoms with Gasteiger partial charge in [-0.05, 0) is 24.3 Å². The van der Waals surface area contributed by atoms with Crippen LogP contribution in [0.5, 0.6) is 11.6 Å². The molecule has 3 nitrogen and oxygen atoms in total. The van der Waals surface area contributed by atoms with E-state index in [0.717, 1.165) is 0 Å². The Hall–Kier alpha value is -2.16. The second-order valence-electron chi connectivity index (χ2n) is 5.35. The molecule has 0 saturated carbocycles. The number of ether oxygens (including phenoxy) is 1. The van der Waals surface area contributed by atoms with Gasteiger partial charge in [-0.1, -0.05) is 39.0 Å². The highest BCUT2D eigenvalue weighted by Gasteiger charge is 2.26. The van der Waals surface area contributed by atoms with Crippen molar-refractivity contribution in [3.8, 4) is 11.6 Å². The van der Waals surface area contributed by atoms with E-state index < -0.39 is 5.41 Å². The van der Waals surface area contributed by atoms with Crippen molar-refractivity contribution in [3.63, 3.8) is 0 Å². The number of aromatic nitrogens is 1. The lowest BCUT2D eigenvalue weighted by Gasteiger charge is -2.18. The minimum absolute atomic E-state index is 0.0199. The fourth-order valence-electron chi connectivity index (χ4n) is 1.65. The van der Waals surface area contributed by atoms with Crippen LogP contribution in [0.2, 0.25) is 0 Å². The number of hydrogen-bond acceptors (Lipinski definition) is 3. The molecule has 0 saturated heterocycles. The van der Waals surface area contributed by atoms with Crippen LogP contribution in [-0.4, -0.2) is 10.8 Å². The number of carbonyl (C=O) groups is 1. The number of rotatable bonds is 3. The average Bonchev–Trinajstić information content (AvgIpc) is 2.39. The molecule has 0 amide bonds. The SMILES string of the molecule is CC(C)(C)C(=O)c1cccnc1Oc1ccccc1. The minimum Gasteiger partial charge on any atom is -0.438 e. The van der Waals surface area contributed by atoms with Crippen LogP contribution in [0.4, 0.5) is 0 Å². The van der Waals surface area contributed by atoms with Gasteiger partial charge in [0.25, 0.3) is 0 Å². The van der Waals surface area contributed by atoms with Gasteiger partial charge < -0.3 is 4.74 Å². The molecule has 2 rings (SSSR count). The summed E-state index contributed by atoms with van der Waals surface area (Å²) in [7, 11) is 0. The van der Waals surface area contributed by atoms with Gasteiger partial charge in [-0.3, -0.25) is 4.79 Å². The van der Waals surface area contributed by atoms with Gasteiger partial charge in [-0.2, -0.15) is 0 Å². The number of pyridine rings is 1. The zero-order valence-electron chi connectivity index (χ0n) is 11.4. The van der Waals surface area contributed by atoms with E-state index in [1.165, 1.54) is 0 Å². The van der Waals surface area contributed by atoms with Crippen LogP contribution in [0.3, 0.4) is 0 Å². The second-order valence-corrected chi connectivity index (χ2v) is 5.35. The lowest BCUT2D eigenvalue weighted by atomic mass is 9.87. The first kappa shape index (κ1) is 13.3. The molecule has 0 N–H and O–H groups in total. The Bertz CT molecular complexity index is 571. The third-order valence-electron chi connectivity index (χ3n) is 2.65. The number of benzene rings is 1. The van der Waals surface area contributed by atoms with E-state index in [1.807, 2.05) is 51.1 Å². The van der Waals surface area contributed by atoms with E-state index in [0.29, 0.717) is 17.2 Å². The Morgan fingerprint density at radius 1 is 1.05 bits per heavy atom. The van der Waals surface area contributed by atoms with E-state index in [9.17, 15) is 4.79 Å². The third-order valence-corrected chi connectivity index (χ3v) is 2.65. The monoisotopic (exact) mass is 255 g/mol. The normalized spacial score (nSPS) is 11.1. The quantitative estimate of drug-likeness (QED) is 0.775. The molecule has 0 spiro atoms. The summed E-state index contributed by atoms with van der Waals surface area (Å²) in [6.45, 7) is 5.65. The minimum atomic E-state index is -0.460. The molecule has 3 heteroatoms. The Balaban J connectivity index is 2.35. The maximum atomic E-state index is 12.4. The van der Waals surface area contributed by atoms with Gasteiger partial charge in [-0.15, -0.1) is 0 Å². The number of para-hydroxylation sites is 1. The van der Waals surface area contributed by atoms with Crippen LogP contribution in [0.15, 0.2) is 48.7 Å². The van der Waals surface area contributed by atoms with E-state index in [4.69, 9.17) is 4.74 Å². The Labute approximate surface area is 113 Å². The first-order valence-corrected chi connectivity index (χ1v) is 6.21. The highest BCUT2D eigenvalue weighted by Crippen LogP contribution is 2.28. The van der Waals surface area contributed by atoms with Crippen molar-refractivity contribution in [1.29, 1.82) is 0 Å². The maximum Gasteiger partial charge on any atom is 0.230 e. The fraction of sp³-hybridized carbons (Fsp3) is 0.250. The summed E-state index contributed by atoms with van der Waals surface area (Å²) in [6.07, 6.45) is 1.62. The summed E-state index contributed by atoms with van der Waals surface area (Å²) in [4.78, 5) is 16.5. The Morgan fingerprint density at radius 2 is 1.74 bits per heavy atom. The molecule has 2 aromatic rings. The van der Waals surface area contributed by atoms with Crippen molar-refractivity contribution in [2.75, 3.05) is 0 Å². The number of ketones is 1. The molecule has 0 aliphatic carbocycles. The van der Waals surface area contributed by atoms with Crippen LogP contribution in [-0.2, 0) is 0 Å². The van der Waals surface area contributed by atoms with Gasteiger partial charge in [-0.25, -0.2) is 4.98 Å². The topological polar surface area (TPSA) is 39.2 Å². The molecular formula is C16H17NO2. The molecule has 0 atom stereocenters. The molecule has 1 heterocycles. The number of nitrogens with zero attached hydrogens (tertiary/aromatic N) is 1. The maximum absolute atomic E-state index is 12.4. The summed E-state index contributed by atoms with van der Waals surface area (Å²) < 4.78 is 5.69. The van der Waals surface area contributed by atoms with Crippen LogP contribution >= 0.6 is 0 Å². The third kappa shape index (κ3) is 3.19. The molecule has 0 fully saturated rings. The Morgan fingerprint density at radius 3 is 2.37 bits per heavy atom. The lowest BCUT2D eigenvalue weighted by molar-refractivity contribution is 0.0855. The van der Waals surface area contributed by atoms with Crippen LogP contribution < -0.4 is 4.74 Å². The zero-order valence-corrected chi connectivity index (χ0v) is 11.4. The average molecular weight is 255 g/mol. The number of Topliss-reactive ketones (excluding diaryl/α,β-unsaturated/α-hetero) is 1. The predicted molar refractivity (Wildman–Crippen MR) is 74.5 cm³/mol. The van der Waals surface area contributed by atoms with E-state index in [-0.39, 0.29) is 5.78 Å². The summed E-state index contributed by atoms with van der Waals surface area (Å²) in [5, 5.41) is 0. The molecule has 0 unspecified atom stereocenters. The molecular weight excluding hydrogens is 238 g/mol. The lowest BCUT2D eigenvalue weighted by Crippen LogP contribution is -2.21.